The van der Waals surface area contributed by atoms with Crippen LogP contribution in [0, 0.1) is 11.8 Å². The van der Waals surface area contributed by atoms with E-state index in [1.54, 1.807) is 0 Å². The third-order valence-corrected chi connectivity index (χ3v) is 3.89. The maximum Gasteiger partial charge on any atom is 0.304 e. The summed E-state index contributed by atoms with van der Waals surface area (Å²) in [6.45, 7) is 2.07. The van der Waals surface area contributed by atoms with E-state index < -0.39 is 5.97 Å². The lowest BCUT2D eigenvalue weighted by Gasteiger charge is -2.18. The van der Waals surface area contributed by atoms with E-state index in [0.717, 1.165) is 12.3 Å². The van der Waals surface area contributed by atoms with Crippen LogP contribution >= 0.6 is 0 Å². The zero-order valence-corrected chi connectivity index (χ0v) is 10.3. The second-order valence-electron chi connectivity index (χ2n) is 5.32. The Morgan fingerprint density at radius 1 is 1.44 bits per heavy atom. The van der Waals surface area contributed by atoms with E-state index in [4.69, 9.17) is 10.8 Å². The number of hydrogen-bond donors (Lipinski definition) is 2. The molecule has 2 atom stereocenters. The Hall–Kier alpha value is -0.570. The smallest absolute Gasteiger partial charge is 0.304 e. The molecule has 3 N–H and O–H groups in total. The minimum atomic E-state index is -0.782. The number of hydrogen-bond acceptors (Lipinski definition) is 2. The highest BCUT2D eigenvalue weighted by Crippen LogP contribution is 2.29. The summed E-state index contributed by atoms with van der Waals surface area (Å²) in [4.78, 5) is 10.5. The van der Waals surface area contributed by atoms with Crippen molar-refractivity contribution in [3.05, 3.63) is 0 Å². The molecule has 0 bridgehead atoms. The lowest BCUT2D eigenvalue weighted by molar-refractivity contribution is -0.137. The maximum atomic E-state index is 10.5. The largest absolute Gasteiger partial charge is 0.481 e. The molecule has 0 radical (unpaired) electrons. The molecule has 2 unspecified atom stereocenters. The van der Waals surface area contributed by atoms with Crippen molar-refractivity contribution in [1.29, 1.82) is 0 Å². The fourth-order valence-electron chi connectivity index (χ4n) is 2.64. The molecule has 1 saturated carbocycles. The Labute approximate surface area is 98.4 Å². The first-order valence-corrected chi connectivity index (χ1v) is 6.57. The van der Waals surface area contributed by atoms with Crippen molar-refractivity contribution in [3.63, 3.8) is 0 Å². The molecular formula is C13H25NO2. The fourth-order valence-corrected chi connectivity index (χ4v) is 2.64. The molecule has 0 aromatic carbocycles. The van der Waals surface area contributed by atoms with Gasteiger partial charge in [0.2, 0.25) is 0 Å². The topological polar surface area (TPSA) is 63.3 Å². The van der Waals surface area contributed by atoms with E-state index in [1.165, 1.54) is 38.5 Å². The predicted molar refractivity (Wildman–Crippen MR) is 65.2 cm³/mol. The molecule has 0 heterocycles. The normalized spacial score (nSPS) is 20.9. The highest BCUT2D eigenvalue weighted by molar-refractivity contribution is 5.67. The number of rotatable bonds is 7. The van der Waals surface area contributed by atoms with Crippen LogP contribution in [0.3, 0.4) is 0 Å². The minimum absolute atomic E-state index is 0.102. The highest BCUT2D eigenvalue weighted by Gasteiger charge is 2.18. The van der Waals surface area contributed by atoms with Gasteiger partial charge in [0, 0.05) is 6.04 Å². The van der Waals surface area contributed by atoms with Crippen molar-refractivity contribution in [2.75, 3.05) is 0 Å². The summed E-state index contributed by atoms with van der Waals surface area (Å²) in [5.41, 5.74) is 5.83. The molecule has 1 fully saturated rings. The van der Waals surface area contributed by atoms with Gasteiger partial charge in [0.05, 0.1) is 6.42 Å². The Morgan fingerprint density at radius 2 is 2.06 bits per heavy atom. The van der Waals surface area contributed by atoms with Crippen LogP contribution in [0.2, 0.25) is 0 Å². The van der Waals surface area contributed by atoms with Gasteiger partial charge in [0.1, 0.15) is 0 Å². The summed E-state index contributed by atoms with van der Waals surface area (Å²) < 4.78 is 0. The van der Waals surface area contributed by atoms with Crippen LogP contribution in [0.4, 0.5) is 0 Å². The van der Waals surface area contributed by atoms with Crippen LogP contribution in [0.5, 0.6) is 0 Å². The Kier molecular flexibility index (Phi) is 5.81. The molecule has 0 saturated heterocycles. The van der Waals surface area contributed by atoms with Gasteiger partial charge in [0.15, 0.2) is 0 Å². The van der Waals surface area contributed by atoms with Crippen LogP contribution in [-0.2, 0) is 4.79 Å². The monoisotopic (exact) mass is 227 g/mol. The molecule has 16 heavy (non-hydrogen) atoms. The van der Waals surface area contributed by atoms with Crippen molar-refractivity contribution < 1.29 is 9.90 Å². The third kappa shape index (κ3) is 4.97. The summed E-state index contributed by atoms with van der Waals surface area (Å²) in [7, 11) is 0. The van der Waals surface area contributed by atoms with Gasteiger partial charge in [-0.2, -0.15) is 0 Å². The lowest BCUT2D eigenvalue weighted by atomic mass is 9.91. The van der Waals surface area contributed by atoms with E-state index in [2.05, 4.69) is 6.92 Å². The average molecular weight is 227 g/mol. The first kappa shape index (κ1) is 13.5. The first-order valence-electron chi connectivity index (χ1n) is 6.57. The van der Waals surface area contributed by atoms with Crippen LogP contribution in [0.15, 0.2) is 0 Å². The first-order chi connectivity index (χ1) is 7.59. The standard InChI is InChI=1S/C13H25NO2/c1-10(12(14)9-13(15)16)5-4-8-11-6-2-3-7-11/h10-12H,2-9,14H2,1H3,(H,15,16). The molecule has 94 valence electrons. The van der Waals surface area contributed by atoms with E-state index in [1.807, 2.05) is 0 Å². The van der Waals surface area contributed by atoms with Crippen molar-refractivity contribution >= 4 is 5.97 Å². The van der Waals surface area contributed by atoms with Gasteiger partial charge in [-0.05, 0) is 18.3 Å². The van der Waals surface area contributed by atoms with E-state index >= 15 is 0 Å². The molecule has 3 heteroatoms. The van der Waals surface area contributed by atoms with Crippen molar-refractivity contribution in [1.82, 2.24) is 0 Å². The zero-order valence-electron chi connectivity index (χ0n) is 10.3. The molecule has 0 aliphatic heterocycles. The number of carbonyl (C=O) groups is 1. The number of carboxylic acids is 1. The predicted octanol–water partition coefficient (Wildman–Crippen LogP) is 2.79. The van der Waals surface area contributed by atoms with Gasteiger partial charge in [-0.1, -0.05) is 45.4 Å². The van der Waals surface area contributed by atoms with Gasteiger partial charge in [0.25, 0.3) is 0 Å². The zero-order chi connectivity index (χ0) is 12.0. The number of nitrogens with two attached hydrogens (primary N) is 1. The Bertz CT molecular complexity index is 212. The molecule has 0 spiro atoms. The third-order valence-electron chi connectivity index (χ3n) is 3.89. The van der Waals surface area contributed by atoms with Gasteiger partial charge >= 0.3 is 5.97 Å². The van der Waals surface area contributed by atoms with Gasteiger partial charge in [-0.15, -0.1) is 0 Å². The van der Waals surface area contributed by atoms with Crippen molar-refractivity contribution in [2.24, 2.45) is 17.6 Å². The second-order valence-corrected chi connectivity index (χ2v) is 5.32. The summed E-state index contributed by atoms with van der Waals surface area (Å²) >= 11 is 0. The molecular weight excluding hydrogens is 202 g/mol. The van der Waals surface area contributed by atoms with Gasteiger partial charge in [-0.25, -0.2) is 0 Å². The van der Waals surface area contributed by atoms with E-state index in [9.17, 15) is 4.79 Å². The van der Waals surface area contributed by atoms with Crippen molar-refractivity contribution in [3.8, 4) is 0 Å². The fraction of sp³-hybridized carbons (Fsp3) is 0.923. The summed E-state index contributed by atoms with van der Waals surface area (Å²) in [6.07, 6.45) is 9.29. The molecule has 0 aromatic rings. The minimum Gasteiger partial charge on any atom is -0.481 e. The second kappa shape index (κ2) is 6.89. The molecule has 3 nitrogen and oxygen atoms in total. The Balaban J connectivity index is 2.08. The van der Waals surface area contributed by atoms with Gasteiger partial charge in [-0.3, -0.25) is 4.79 Å². The highest BCUT2D eigenvalue weighted by atomic mass is 16.4. The maximum absolute atomic E-state index is 10.5. The van der Waals surface area contributed by atoms with Crippen LogP contribution < -0.4 is 5.73 Å². The SMILES string of the molecule is CC(CCCC1CCCC1)C(N)CC(=O)O. The van der Waals surface area contributed by atoms with Crippen LogP contribution in [-0.4, -0.2) is 17.1 Å². The molecule has 1 aliphatic rings. The Morgan fingerprint density at radius 3 is 2.62 bits per heavy atom. The summed E-state index contributed by atoms with van der Waals surface area (Å²) in [6, 6.07) is -0.180. The van der Waals surface area contributed by atoms with Crippen LogP contribution in [0.25, 0.3) is 0 Å². The van der Waals surface area contributed by atoms with E-state index in [0.29, 0.717) is 5.92 Å². The molecule has 0 aromatic heterocycles. The molecule has 1 aliphatic carbocycles. The summed E-state index contributed by atoms with van der Waals surface area (Å²) in [5.74, 6) is 0.482. The lowest BCUT2D eigenvalue weighted by Crippen LogP contribution is -2.30. The van der Waals surface area contributed by atoms with E-state index in [-0.39, 0.29) is 12.5 Å². The van der Waals surface area contributed by atoms with Gasteiger partial charge < -0.3 is 10.8 Å². The number of carboxylic acid groups (broad SMARTS) is 1. The quantitative estimate of drug-likeness (QED) is 0.703. The van der Waals surface area contributed by atoms with Crippen LogP contribution in [0.1, 0.15) is 58.3 Å². The number of aliphatic carboxylic acids is 1. The summed E-state index contributed by atoms with van der Waals surface area (Å²) in [5, 5.41) is 8.65. The van der Waals surface area contributed by atoms with Crippen molar-refractivity contribution in [2.45, 2.75) is 64.3 Å². The molecule has 0 amide bonds. The molecule has 1 rings (SSSR count). The average Bonchev–Trinajstić information content (AvgIpc) is 2.69.